The molecule has 0 saturated heterocycles. The van der Waals surface area contributed by atoms with Gasteiger partial charge in [0.25, 0.3) is 0 Å². The third-order valence-electron chi connectivity index (χ3n) is 2.63. The maximum absolute atomic E-state index is 6.48. The Balaban J connectivity index is 2.37. The molecule has 0 aliphatic carbocycles. The van der Waals surface area contributed by atoms with E-state index in [0.29, 0.717) is 0 Å². The summed E-state index contributed by atoms with van der Waals surface area (Å²) in [4.78, 5) is 0. The number of rotatable bonds is 2. The van der Waals surface area contributed by atoms with Crippen LogP contribution >= 0.6 is 11.6 Å². The van der Waals surface area contributed by atoms with Gasteiger partial charge in [-0.2, -0.15) is 0 Å². The Labute approximate surface area is 102 Å². The Kier molecular flexibility index (Phi) is 3.31. The van der Waals surface area contributed by atoms with Gasteiger partial charge in [-0.1, -0.05) is 59.7 Å². The van der Waals surface area contributed by atoms with Crippen LogP contribution in [-0.2, 0) is 0 Å². The predicted octanol–water partition coefficient (Wildman–Crippen LogP) is 4.63. The Hall–Kier alpha value is -1.27. The van der Waals surface area contributed by atoms with Crippen molar-refractivity contribution in [2.75, 3.05) is 0 Å². The van der Waals surface area contributed by atoms with Crippen molar-refractivity contribution < 1.29 is 0 Å². The highest BCUT2D eigenvalue weighted by Gasteiger charge is 2.10. The molecule has 1 heteroatoms. The fraction of sp³-hybridized carbons (Fsp3) is 0.200. The minimum Gasteiger partial charge on any atom is -0.113 e. The topological polar surface area (TPSA) is 0 Å². The van der Waals surface area contributed by atoms with Crippen LogP contribution in [0.25, 0.3) is 0 Å². The minimum atomic E-state index is -0.0557. The smallest absolute Gasteiger partial charge is 0.0835 e. The fourth-order valence-corrected chi connectivity index (χ4v) is 2.24. The molecule has 2 aromatic carbocycles. The highest BCUT2D eigenvalue weighted by Crippen LogP contribution is 2.29. The lowest BCUT2D eigenvalue weighted by Gasteiger charge is -2.12. The van der Waals surface area contributed by atoms with E-state index >= 15 is 0 Å². The van der Waals surface area contributed by atoms with Gasteiger partial charge >= 0.3 is 0 Å². The minimum absolute atomic E-state index is 0.0557. The highest BCUT2D eigenvalue weighted by molar-refractivity contribution is 6.22. The van der Waals surface area contributed by atoms with Gasteiger partial charge in [-0.3, -0.25) is 0 Å². The van der Waals surface area contributed by atoms with Crippen LogP contribution in [0.1, 0.15) is 27.6 Å². The van der Waals surface area contributed by atoms with Crippen molar-refractivity contribution in [3.8, 4) is 0 Å². The first-order chi connectivity index (χ1) is 7.66. The second kappa shape index (κ2) is 4.71. The Morgan fingerprint density at radius 3 is 1.94 bits per heavy atom. The van der Waals surface area contributed by atoms with E-state index < -0.39 is 0 Å². The molecule has 0 heterocycles. The van der Waals surface area contributed by atoms with Crippen LogP contribution in [0.5, 0.6) is 0 Å². The summed E-state index contributed by atoms with van der Waals surface area (Å²) >= 11 is 6.48. The number of benzene rings is 2. The standard InChI is InChI=1S/C15H15Cl/c1-11-8-12(2)10-14(9-11)15(16)13-6-4-3-5-7-13/h3-10,15H,1-2H3/t15-/m1/s1. The summed E-state index contributed by atoms with van der Waals surface area (Å²) in [6, 6.07) is 16.6. The molecule has 0 aliphatic heterocycles. The summed E-state index contributed by atoms with van der Waals surface area (Å²) in [6.07, 6.45) is 0. The molecule has 0 fully saturated rings. The van der Waals surface area contributed by atoms with E-state index in [9.17, 15) is 0 Å². The molecular formula is C15H15Cl. The van der Waals surface area contributed by atoms with E-state index in [0.717, 1.165) is 5.56 Å². The van der Waals surface area contributed by atoms with Gasteiger partial charge in [-0.15, -0.1) is 11.6 Å². The summed E-state index contributed by atoms with van der Waals surface area (Å²) < 4.78 is 0. The van der Waals surface area contributed by atoms with Crippen molar-refractivity contribution in [2.24, 2.45) is 0 Å². The predicted molar refractivity (Wildman–Crippen MR) is 70.1 cm³/mol. The molecule has 0 aromatic heterocycles. The first-order valence-electron chi connectivity index (χ1n) is 5.44. The average molecular weight is 231 g/mol. The molecule has 0 N–H and O–H groups in total. The van der Waals surface area contributed by atoms with Crippen LogP contribution in [0, 0.1) is 13.8 Å². The third-order valence-corrected chi connectivity index (χ3v) is 3.13. The van der Waals surface area contributed by atoms with Gasteiger partial charge in [0.1, 0.15) is 0 Å². The van der Waals surface area contributed by atoms with Gasteiger partial charge in [0.05, 0.1) is 5.38 Å². The second-order valence-electron chi connectivity index (χ2n) is 4.19. The fourth-order valence-electron chi connectivity index (χ4n) is 1.97. The van der Waals surface area contributed by atoms with Gasteiger partial charge < -0.3 is 0 Å². The maximum Gasteiger partial charge on any atom is 0.0835 e. The van der Waals surface area contributed by atoms with E-state index in [1.165, 1.54) is 16.7 Å². The van der Waals surface area contributed by atoms with Gasteiger partial charge in [0.2, 0.25) is 0 Å². The van der Waals surface area contributed by atoms with Crippen molar-refractivity contribution in [3.63, 3.8) is 0 Å². The number of halogens is 1. The SMILES string of the molecule is Cc1cc(C)cc([C@H](Cl)c2ccccc2)c1. The van der Waals surface area contributed by atoms with Gasteiger partial charge in [-0.05, 0) is 25.0 Å². The number of alkyl halides is 1. The first-order valence-corrected chi connectivity index (χ1v) is 5.87. The maximum atomic E-state index is 6.48. The van der Waals surface area contributed by atoms with Crippen LogP contribution in [0.3, 0.4) is 0 Å². The second-order valence-corrected chi connectivity index (χ2v) is 4.63. The highest BCUT2D eigenvalue weighted by atomic mass is 35.5. The van der Waals surface area contributed by atoms with E-state index in [-0.39, 0.29) is 5.38 Å². The average Bonchev–Trinajstić information content (AvgIpc) is 2.28. The summed E-state index contributed by atoms with van der Waals surface area (Å²) in [5.41, 5.74) is 4.84. The van der Waals surface area contributed by atoms with Crippen molar-refractivity contribution in [1.82, 2.24) is 0 Å². The molecule has 0 radical (unpaired) electrons. The molecule has 0 nitrogen and oxygen atoms in total. The van der Waals surface area contributed by atoms with Gasteiger partial charge in [0.15, 0.2) is 0 Å². The van der Waals surface area contributed by atoms with E-state index in [2.05, 4.69) is 44.2 Å². The largest absolute Gasteiger partial charge is 0.113 e. The van der Waals surface area contributed by atoms with E-state index in [4.69, 9.17) is 11.6 Å². The van der Waals surface area contributed by atoms with Crippen molar-refractivity contribution >= 4 is 11.6 Å². The zero-order valence-corrected chi connectivity index (χ0v) is 10.3. The molecule has 0 spiro atoms. The molecule has 1 atom stereocenters. The van der Waals surface area contributed by atoms with Crippen LogP contribution in [0.2, 0.25) is 0 Å². The third kappa shape index (κ3) is 2.45. The molecule has 0 bridgehead atoms. The Morgan fingerprint density at radius 2 is 1.38 bits per heavy atom. The first kappa shape index (κ1) is 11.2. The lowest BCUT2D eigenvalue weighted by molar-refractivity contribution is 1.12. The molecule has 82 valence electrons. The van der Waals surface area contributed by atoms with Crippen LogP contribution in [0.15, 0.2) is 48.5 Å². The normalized spacial score (nSPS) is 12.4. The summed E-state index contributed by atoms with van der Waals surface area (Å²) in [5, 5.41) is -0.0557. The molecule has 0 amide bonds. The number of hydrogen-bond donors (Lipinski definition) is 0. The summed E-state index contributed by atoms with van der Waals surface area (Å²) in [7, 11) is 0. The van der Waals surface area contributed by atoms with Crippen molar-refractivity contribution in [3.05, 3.63) is 70.8 Å². The number of aryl methyl sites for hydroxylation is 2. The number of hydrogen-bond acceptors (Lipinski definition) is 0. The quantitative estimate of drug-likeness (QED) is 0.660. The van der Waals surface area contributed by atoms with Crippen molar-refractivity contribution in [1.29, 1.82) is 0 Å². The lowest BCUT2D eigenvalue weighted by atomic mass is 10.0. The molecule has 0 aliphatic rings. The molecule has 0 saturated carbocycles. The molecule has 2 rings (SSSR count). The van der Waals surface area contributed by atoms with E-state index in [1.807, 2.05) is 18.2 Å². The molecule has 0 unspecified atom stereocenters. The Morgan fingerprint density at radius 1 is 0.812 bits per heavy atom. The Bertz CT molecular complexity index is 454. The summed E-state index contributed by atoms with van der Waals surface area (Å²) in [5.74, 6) is 0. The van der Waals surface area contributed by atoms with E-state index in [1.54, 1.807) is 0 Å². The summed E-state index contributed by atoms with van der Waals surface area (Å²) in [6.45, 7) is 4.20. The van der Waals surface area contributed by atoms with Crippen molar-refractivity contribution in [2.45, 2.75) is 19.2 Å². The van der Waals surface area contributed by atoms with Crippen LogP contribution < -0.4 is 0 Å². The zero-order chi connectivity index (χ0) is 11.5. The van der Waals surface area contributed by atoms with Gasteiger partial charge in [-0.25, -0.2) is 0 Å². The zero-order valence-electron chi connectivity index (χ0n) is 9.57. The monoisotopic (exact) mass is 230 g/mol. The molecule has 16 heavy (non-hydrogen) atoms. The molecule has 2 aromatic rings. The van der Waals surface area contributed by atoms with Crippen LogP contribution in [-0.4, -0.2) is 0 Å². The van der Waals surface area contributed by atoms with Gasteiger partial charge in [0, 0.05) is 0 Å². The lowest BCUT2D eigenvalue weighted by Crippen LogP contribution is -1.94. The van der Waals surface area contributed by atoms with Crippen LogP contribution in [0.4, 0.5) is 0 Å². The molecular weight excluding hydrogens is 216 g/mol.